The fraction of sp³-hybridized carbons (Fsp3) is 0.711. The van der Waals surface area contributed by atoms with Crippen molar-refractivity contribution in [1.82, 2.24) is 0 Å². The smallest absolute Gasteiger partial charge is 0.333 e. The molecule has 1 N–H and O–H groups in total. The van der Waals surface area contributed by atoms with E-state index in [1.165, 1.54) is 44.9 Å². The first-order valence-corrected chi connectivity index (χ1v) is 20.7. The van der Waals surface area contributed by atoms with E-state index in [1.54, 1.807) is 27.7 Å². The Morgan fingerprint density at radius 2 is 1.23 bits per heavy atom. The van der Waals surface area contributed by atoms with E-state index in [4.69, 9.17) is 24.1 Å². The van der Waals surface area contributed by atoms with E-state index in [9.17, 15) is 24.0 Å². The number of carbonyl (C=O) groups excluding carboxylic acids is 5. The Bertz CT molecular complexity index is 1510. The van der Waals surface area contributed by atoms with Gasteiger partial charge in [-0.1, -0.05) is 40.2 Å². The van der Waals surface area contributed by atoms with Gasteiger partial charge in [0.05, 0.1) is 12.5 Å². The van der Waals surface area contributed by atoms with E-state index in [0.29, 0.717) is 40.0 Å². The zero-order chi connectivity index (χ0) is 41.5. The van der Waals surface area contributed by atoms with Gasteiger partial charge in [0.15, 0.2) is 0 Å². The number of rotatable bonds is 11. The Labute approximate surface area is 333 Å². The molecular weight excluding hydrogens is 716 g/mol. The molecule has 5 atom stereocenters. The van der Waals surface area contributed by atoms with Crippen molar-refractivity contribution in [3.8, 4) is 0 Å². The first-order valence-electron chi connectivity index (χ1n) is 20.7. The summed E-state index contributed by atoms with van der Waals surface area (Å²) in [5.74, 6) is 2.35. The number of aliphatic hydroxyl groups excluding tert-OH is 1. The van der Waals surface area contributed by atoms with Gasteiger partial charge in [0.25, 0.3) is 0 Å². The number of hydrogen-bond donors (Lipinski definition) is 1. The molecule has 0 spiro atoms. The number of hydrogen-bond acceptors (Lipinski definition) is 11. The first-order chi connectivity index (χ1) is 26.4. The van der Waals surface area contributed by atoms with Gasteiger partial charge in [-0.15, -0.1) is 0 Å². The van der Waals surface area contributed by atoms with Crippen molar-refractivity contribution in [3.63, 3.8) is 0 Å². The Balaban J connectivity index is 0.000000171. The Morgan fingerprint density at radius 3 is 1.70 bits per heavy atom. The lowest BCUT2D eigenvalue weighted by atomic mass is 9.49. The highest BCUT2D eigenvalue weighted by Gasteiger charge is 2.63. The fourth-order valence-electron chi connectivity index (χ4n) is 10.4. The Morgan fingerprint density at radius 1 is 0.714 bits per heavy atom. The summed E-state index contributed by atoms with van der Waals surface area (Å²) in [4.78, 5) is 56.7. The van der Waals surface area contributed by atoms with Crippen LogP contribution >= 0.6 is 0 Å². The van der Waals surface area contributed by atoms with Crippen LogP contribution < -0.4 is 0 Å². The van der Waals surface area contributed by atoms with Gasteiger partial charge in [0, 0.05) is 34.1 Å². The second kappa shape index (κ2) is 19.1. The highest BCUT2D eigenvalue weighted by atomic mass is 16.6. The lowest BCUT2D eigenvalue weighted by Crippen LogP contribution is -2.59. The van der Waals surface area contributed by atoms with Gasteiger partial charge in [0.2, 0.25) is 0 Å². The van der Waals surface area contributed by atoms with Crippen LogP contribution in [0.4, 0.5) is 0 Å². The van der Waals surface area contributed by atoms with Crippen LogP contribution in [0.5, 0.6) is 0 Å². The number of fused-ring (bicyclic) bond motifs is 1. The topological polar surface area (TPSA) is 152 Å². The molecule has 0 aromatic heterocycles. The SMILES string of the molecule is C=C(C)C(=O)OC1(CC)C2CC3CC(C2)CC1C3.C=C(C)C(=O)OC1(CC)CCCC1.C=C(C)C(=O)OC1C2CC3C(=O)OC1C3C2.C=C(C)C(=O)OCCO. The van der Waals surface area contributed by atoms with Crippen molar-refractivity contribution in [2.75, 3.05) is 13.2 Å². The van der Waals surface area contributed by atoms with Gasteiger partial charge in [-0.3, -0.25) is 4.79 Å². The minimum Gasteiger partial charge on any atom is -0.460 e. The second-order valence-corrected chi connectivity index (χ2v) is 17.4. The molecule has 1 heterocycles. The van der Waals surface area contributed by atoms with Gasteiger partial charge in [-0.25, -0.2) is 19.2 Å². The minimum absolute atomic E-state index is 0.0473. The zero-order valence-electron chi connectivity index (χ0n) is 34.7. The second-order valence-electron chi connectivity index (χ2n) is 17.4. The average molecular weight is 783 g/mol. The van der Waals surface area contributed by atoms with Crippen LogP contribution in [0.15, 0.2) is 48.6 Å². The molecule has 0 aromatic rings. The summed E-state index contributed by atoms with van der Waals surface area (Å²) < 4.78 is 26.6. The van der Waals surface area contributed by atoms with Crippen molar-refractivity contribution in [2.45, 2.75) is 148 Å². The Hall–Kier alpha value is -3.73. The molecule has 0 aromatic carbocycles. The summed E-state index contributed by atoms with van der Waals surface area (Å²) in [6.07, 6.45) is 14.2. The van der Waals surface area contributed by atoms with E-state index in [2.05, 4.69) is 44.9 Å². The van der Waals surface area contributed by atoms with E-state index >= 15 is 0 Å². The van der Waals surface area contributed by atoms with Crippen LogP contribution in [0.3, 0.4) is 0 Å². The molecule has 11 nitrogen and oxygen atoms in total. The summed E-state index contributed by atoms with van der Waals surface area (Å²) in [6, 6.07) is 0. The van der Waals surface area contributed by atoms with Crippen molar-refractivity contribution in [2.24, 2.45) is 41.4 Å². The average Bonchev–Trinajstić information content (AvgIpc) is 3.92. The van der Waals surface area contributed by atoms with Crippen molar-refractivity contribution >= 4 is 29.8 Å². The third-order valence-corrected chi connectivity index (χ3v) is 13.2. The maximum atomic E-state index is 12.0. The number of carbonyl (C=O) groups is 5. The normalized spacial score (nSPS) is 32.8. The minimum atomic E-state index is -0.455. The Kier molecular flexibility index (Phi) is 15.4. The largest absolute Gasteiger partial charge is 0.460 e. The molecule has 8 fully saturated rings. The predicted molar refractivity (Wildman–Crippen MR) is 211 cm³/mol. The maximum Gasteiger partial charge on any atom is 0.333 e. The summed E-state index contributed by atoms with van der Waals surface area (Å²) in [5.41, 5.74) is 1.45. The van der Waals surface area contributed by atoms with Gasteiger partial charge in [-0.2, -0.15) is 0 Å². The van der Waals surface area contributed by atoms with Crippen molar-refractivity contribution < 1.29 is 52.8 Å². The molecule has 0 amide bonds. The highest BCUT2D eigenvalue weighted by Crippen LogP contribution is 2.61. The van der Waals surface area contributed by atoms with Crippen LogP contribution in [0, 0.1) is 41.4 Å². The fourth-order valence-corrected chi connectivity index (χ4v) is 10.4. The summed E-state index contributed by atoms with van der Waals surface area (Å²) in [7, 11) is 0. The maximum absolute atomic E-state index is 12.0. The molecule has 0 radical (unpaired) electrons. The van der Waals surface area contributed by atoms with E-state index in [1.807, 2.05) is 0 Å². The zero-order valence-corrected chi connectivity index (χ0v) is 34.7. The number of ether oxygens (including phenoxy) is 5. The summed E-state index contributed by atoms with van der Waals surface area (Å²) in [5, 5.41) is 8.19. The molecule has 1 aliphatic heterocycles. The van der Waals surface area contributed by atoms with Crippen molar-refractivity contribution in [3.05, 3.63) is 48.6 Å². The van der Waals surface area contributed by atoms with E-state index in [-0.39, 0.29) is 72.3 Å². The molecular formula is C45H66O11. The third-order valence-electron chi connectivity index (χ3n) is 13.2. The quantitative estimate of drug-likeness (QED) is 0.125. The monoisotopic (exact) mass is 782 g/mol. The van der Waals surface area contributed by atoms with Gasteiger partial charge >= 0.3 is 29.8 Å². The lowest BCUT2D eigenvalue weighted by Gasteiger charge is -2.60. The molecule has 7 aliphatic carbocycles. The predicted octanol–water partition coefficient (Wildman–Crippen LogP) is 7.69. The van der Waals surface area contributed by atoms with Crippen LogP contribution in [0.1, 0.15) is 125 Å². The van der Waals surface area contributed by atoms with Crippen LogP contribution in [0.25, 0.3) is 0 Å². The molecule has 8 aliphatic rings. The standard InChI is InChI=1S/C16H24O2.C12H14O4.C11H18O2.C6H10O3/c1-4-16(18-15(17)10(2)3)13-6-11-5-12(8-13)9-14(16)7-11;1-5(2)11(13)15-9-6-3-7-8(4-6)12(14)16-10(7)9;1-4-11(7-5-6-8-11)13-10(12)9(2)3;1-5(2)6(8)9-4-3-7/h11-14H,2,4-9H2,1,3H3;6-10H,1,3-4H2,2H3;2,4-8H2,1,3H3;7H,1,3-4H2,2H3. The molecule has 56 heavy (non-hydrogen) atoms. The van der Waals surface area contributed by atoms with E-state index < -0.39 is 5.97 Å². The molecule has 312 valence electrons. The molecule has 5 unspecified atom stereocenters. The molecule has 7 saturated carbocycles. The lowest BCUT2D eigenvalue weighted by molar-refractivity contribution is -0.207. The van der Waals surface area contributed by atoms with Crippen molar-refractivity contribution in [1.29, 1.82) is 0 Å². The molecule has 11 heteroatoms. The highest BCUT2D eigenvalue weighted by molar-refractivity contribution is 5.88. The first kappa shape index (κ1) is 45.0. The number of esters is 5. The summed E-state index contributed by atoms with van der Waals surface area (Å²) in [6.45, 7) is 25.0. The van der Waals surface area contributed by atoms with Crippen LogP contribution in [-0.2, 0) is 47.7 Å². The number of aliphatic hydroxyl groups is 1. The van der Waals surface area contributed by atoms with Gasteiger partial charge in [0.1, 0.15) is 30.0 Å². The molecule has 8 rings (SSSR count). The molecule has 6 bridgehead atoms. The molecule has 1 saturated heterocycles. The van der Waals surface area contributed by atoms with Gasteiger partial charge in [-0.05, 0) is 135 Å². The van der Waals surface area contributed by atoms with Crippen LogP contribution in [-0.4, -0.2) is 71.6 Å². The summed E-state index contributed by atoms with van der Waals surface area (Å²) >= 11 is 0. The van der Waals surface area contributed by atoms with Crippen LogP contribution in [0.2, 0.25) is 0 Å². The van der Waals surface area contributed by atoms with Gasteiger partial charge < -0.3 is 28.8 Å². The third kappa shape index (κ3) is 10.2. The van der Waals surface area contributed by atoms with E-state index in [0.717, 1.165) is 50.4 Å².